The maximum atomic E-state index is 12.2. The lowest BCUT2D eigenvalue weighted by atomic mass is 9.88. The number of nitrogens with zero attached hydrogens (tertiary/aromatic N) is 1. The molecule has 1 atom stereocenters. The van der Waals surface area contributed by atoms with E-state index in [0.29, 0.717) is 5.56 Å². The zero-order chi connectivity index (χ0) is 13.1. The Hall–Kier alpha value is -1.73. The number of hydrogen-bond acceptors (Lipinski definition) is 4. The topological polar surface area (TPSA) is 83.6 Å². The fourth-order valence-electron chi connectivity index (χ4n) is 2.61. The van der Waals surface area contributed by atoms with Crippen LogP contribution in [0.15, 0.2) is 29.2 Å². The molecule has 2 aliphatic rings. The molecule has 1 aromatic rings. The number of likely N-dealkylation sites (N-methyl/N-ethyl adjacent to an activating group) is 1. The SMILES string of the molecule is CN1C2(CC(=O)NC2=O)c2ccccc2S1(=O)=O. The minimum absolute atomic E-state index is 0.0948. The number of benzene rings is 1. The Labute approximate surface area is 104 Å². The minimum Gasteiger partial charge on any atom is -0.294 e. The van der Waals surface area contributed by atoms with E-state index in [9.17, 15) is 18.0 Å². The molecule has 1 saturated heterocycles. The molecule has 0 radical (unpaired) electrons. The highest BCUT2D eigenvalue weighted by Crippen LogP contribution is 2.47. The number of rotatable bonds is 0. The normalized spacial score (nSPS) is 29.6. The third-order valence-corrected chi connectivity index (χ3v) is 5.50. The molecule has 1 aromatic carbocycles. The van der Waals surface area contributed by atoms with Crippen molar-refractivity contribution in [2.45, 2.75) is 16.9 Å². The molecule has 1 spiro atoms. The average molecular weight is 266 g/mol. The largest absolute Gasteiger partial charge is 0.294 e. The maximum Gasteiger partial charge on any atom is 0.253 e. The van der Waals surface area contributed by atoms with Crippen molar-refractivity contribution < 1.29 is 18.0 Å². The Morgan fingerprint density at radius 3 is 2.56 bits per heavy atom. The zero-order valence-electron chi connectivity index (χ0n) is 9.50. The second kappa shape index (κ2) is 3.18. The van der Waals surface area contributed by atoms with E-state index in [1.54, 1.807) is 18.2 Å². The smallest absolute Gasteiger partial charge is 0.253 e. The van der Waals surface area contributed by atoms with Crippen LogP contribution in [0.1, 0.15) is 12.0 Å². The molecule has 1 unspecified atom stereocenters. The van der Waals surface area contributed by atoms with E-state index in [1.807, 2.05) is 0 Å². The first kappa shape index (κ1) is 11.4. The van der Waals surface area contributed by atoms with Gasteiger partial charge in [-0.25, -0.2) is 8.42 Å². The lowest BCUT2D eigenvalue weighted by Gasteiger charge is -2.26. The first-order valence-corrected chi connectivity index (χ1v) is 6.77. The fraction of sp³-hybridized carbons (Fsp3) is 0.273. The Bertz CT molecular complexity index is 682. The lowest BCUT2D eigenvalue weighted by Crippen LogP contribution is -2.46. The first-order chi connectivity index (χ1) is 8.40. The molecule has 2 heterocycles. The molecule has 2 amide bonds. The summed E-state index contributed by atoms with van der Waals surface area (Å²) in [6.45, 7) is 0. The fourth-order valence-corrected chi connectivity index (χ4v) is 4.33. The summed E-state index contributed by atoms with van der Waals surface area (Å²) in [6, 6.07) is 6.28. The Balaban J connectivity index is 2.37. The summed E-state index contributed by atoms with van der Waals surface area (Å²) in [5.74, 6) is -1.04. The van der Waals surface area contributed by atoms with Crippen LogP contribution in [0.3, 0.4) is 0 Å². The number of carbonyl (C=O) groups is 2. The number of fused-ring (bicyclic) bond motifs is 2. The lowest BCUT2D eigenvalue weighted by molar-refractivity contribution is -0.128. The first-order valence-electron chi connectivity index (χ1n) is 5.33. The Morgan fingerprint density at radius 2 is 1.94 bits per heavy atom. The number of imide groups is 1. The van der Waals surface area contributed by atoms with Gasteiger partial charge in [0.05, 0.1) is 11.3 Å². The van der Waals surface area contributed by atoms with E-state index < -0.39 is 27.4 Å². The zero-order valence-corrected chi connectivity index (χ0v) is 10.3. The maximum absolute atomic E-state index is 12.2. The van der Waals surface area contributed by atoms with Crippen molar-refractivity contribution >= 4 is 21.8 Å². The van der Waals surface area contributed by atoms with Gasteiger partial charge in [0.1, 0.15) is 5.54 Å². The van der Waals surface area contributed by atoms with Gasteiger partial charge in [0, 0.05) is 12.6 Å². The third kappa shape index (κ3) is 1.08. The summed E-state index contributed by atoms with van der Waals surface area (Å²) in [5, 5.41) is 2.17. The Morgan fingerprint density at radius 1 is 1.28 bits per heavy atom. The molecule has 2 aliphatic heterocycles. The molecule has 0 bridgehead atoms. The molecule has 0 aliphatic carbocycles. The van der Waals surface area contributed by atoms with Gasteiger partial charge < -0.3 is 0 Å². The predicted molar refractivity (Wildman–Crippen MR) is 60.8 cm³/mol. The van der Waals surface area contributed by atoms with E-state index >= 15 is 0 Å². The van der Waals surface area contributed by atoms with Gasteiger partial charge in [-0.1, -0.05) is 18.2 Å². The molecule has 3 rings (SSSR count). The highest BCUT2D eigenvalue weighted by molar-refractivity contribution is 7.89. The molecular weight excluding hydrogens is 256 g/mol. The van der Waals surface area contributed by atoms with Crippen LogP contribution in [0.25, 0.3) is 0 Å². The minimum atomic E-state index is -3.71. The van der Waals surface area contributed by atoms with Crippen LogP contribution in [0.5, 0.6) is 0 Å². The molecule has 18 heavy (non-hydrogen) atoms. The molecular formula is C11H10N2O4S. The summed E-state index contributed by atoms with van der Waals surface area (Å²) in [7, 11) is -2.39. The number of sulfonamides is 1. The molecule has 6 nitrogen and oxygen atoms in total. The van der Waals surface area contributed by atoms with Crippen molar-refractivity contribution in [3.8, 4) is 0 Å². The van der Waals surface area contributed by atoms with Crippen LogP contribution < -0.4 is 5.32 Å². The van der Waals surface area contributed by atoms with E-state index in [-0.39, 0.29) is 11.3 Å². The Kier molecular flexibility index (Phi) is 2.01. The highest BCUT2D eigenvalue weighted by Gasteiger charge is 2.61. The second-order valence-corrected chi connectivity index (χ2v) is 6.32. The quantitative estimate of drug-likeness (QED) is 0.645. The van der Waals surface area contributed by atoms with Crippen molar-refractivity contribution in [1.82, 2.24) is 9.62 Å². The molecule has 0 aromatic heterocycles. The van der Waals surface area contributed by atoms with Crippen LogP contribution >= 0.6 is 0 Å². The summed E-state index contributed by atoms with van der Waals surface area (Å²) >= 11 is 0. The van der Waals surface area contributed by atoms with Crippen molar-refractivity contribution in [1.29, 1.82) is 0 Å². The van der Waals surface area contributed by atoms with Crippen LogP contribution in [-0.2, 0) is 25.2 Å². The van der Waals surface area contributed by atoms with Gasteiger partial charge >= 0.3 is 0 Å². The van der Waals surface area contributed by atoms with Crippen molar-refractivity contribution in [2.75, 3.05) is 7.05 Å². The summed E-state index contributed by atoms with van der Waals surface area (Å²) < 4.78 is 25.5. The van der Waals surface area contributed by atoms with Crippen molar-refractivity contribution in [3.05, 3.63) is 29.8 Å². The van der Waals surface area contributed by atoms with E-state index in [0.717, 1.165) is 4.31 Å². The van der Waals surface area contributed by atoms with Crippen LogP contribution in [0.2, 0.25) is 0 Å². The molecule has 1 fully saturated rings. The summed E-state index contributed by atoms with van der Waals surface area (Å²) in [5.41, 5.74) is -1.04. The standard InChI is InChI=1S/C11H10N2O4S/c1-13-11(6-9(14)12-10(11)15)7-4-2-3-5-8(7)18(13,16)17/h2-5H,6H2,1H3,(H,12,14,15). The monoisotopic (exact) mass is 266 g/mol. The number of amides is 2. The van der Waals surface area contributed by atoms with Gasteiger partial charge in [0.15, 0.2) is 0 Å². The average Bonchev–Trinajstić information content (AvgIpc) is 2.71. The van der Waals surface area contributed by atoms with Crippen LogP contribution in [0.4, 0.5) is 0 Å². The highest BCUT2D eigenvalue weighted by atomic mass is 32.2. The molecule has 7 heteroatoms. The van der Waals surface area contributed by atoms with Gasteiger partial charge in [-0.15, -0.1) is 0 Å². The number of hydrogen-bond donors (Lipinski definition) is 1. The summed E-state index contributed by atoms with van der Waals surface area (Å²) in [4.78, 5) is 23.6. The number of nitrogens with one attached hydrogen (secondary N) is 1. The van der Waals surface area contributed by atoms with Crippen LogP contribution in [0, 0.1) is 0 Å². The van der Waals surface area contributed by atoms with E-state index in [2.05, 4.69) is 5.32 Å². The number of carbonyl (C=O) groups excluding carboxylic acids is 2. The predicted octanol–water partition coefficient (Wildman–Crippen LogP) is -0.437. The second-order valence-electron chi connectivity index (χ2n) is 4.38. The van der Waals surface area contributed by atoms with Gasteiger partial charge in [-0.05, 0) is 6.07 Å². The summed E-state index contributed by atoms with van der Waals surface area (Å²) in [6.07, 6.45) is -0.168. The van der Waals surface area contributed by atoms with Gasteiger partial charge in [0.2, 0.25) is 15.9 Å². The van der Waals surface area contributed by atoms with E-state index in [1.165, 1.54) is 13.1 Å². The molecule has 0 saturated carbocycles. The van der Waals surface area contributed by atoms with Gasteiger partial charge in [-0.2, -0.15) is 4.31 Å². The van der Waals surface area contributed by atoms with Crippen LogP contribution in [-0.4, -0.2) is 31.6 Å². The van der Waals surface area contributed by atoms with Gasteiger partial charge in [-0.3, -0.25) is 14.9 Å². The van der Waals surface area contributed by atoms with E-state index in [4.69, 9.17) is 0 Å². The van der Waals surface area contributed by atoms with Crippen molar-refractivity contribution in [3.63, 3.8) is 0 Å². The van der Waals surface area contributed by atoms with Gasteiger partial charge in [0.25, 0.3) is 5.91 Å². The molecule has 94 valence electrons. The van der Waals surface area contributed by atoms with Crippen molar-refractivity contribution in [2.24, 2.45) is 0 Å². The molecule has 1 N–H and O–H groups in total. The third-order valence-electron chi connectivity index (χ3n) is 3.55.